The lowest BCUT2D eigenvalue weighted by Crippen LogP contribution is -2.61. The zero-order valence-electron chi connectivity index (χ0n) is 10.2. The molecule has 2 aliphatic rings. The maximum atomic E-state index is 11.7. The van der Waals surface area contributed by atoms with E-state index in [0.717, 1.165) is 32.4 Å². The quantitative estimate of drug-likeness (QED) is 0.785. The average Bonchev–Trinajstić information content (AvgIpc) is 2.30. The van der Waals surface area contributed by atoms with Crippen molar-refractivity contribution in [3.05, 3.63) is 0 Å². The molecule has 0 radical (unpaired) electrons. The lowest BCUT2D eigenvalue weighted by molar-refractivity contribution is -0.159. The van der Waals surface area contributed by atoms with E-state index in [1.54, 1.807) is 0 Å². The Morgan fingerprint density at radius 3 is 2.44 bits per heavy atom. The van der Waals surface area contributed by atoms with Crippen LogP contribution in [-0.2, 0) is 4.79 Å². The number of hydrogen-bond acceptors (Lipinski definition) is 2. The van der Waals surface area contributed by atoms with Gasteiger partial charge in [0, 0.05) is 0 Å². The molecule has 2 unspecified atom stereocenters. The van der Waals surface area contributed by atoms with E-state index in [9.17, 15) is 9.90 Å². The zero-order valence-corrected chi connectivity index (χ0v) is 10.2. The number of aliphatic carboxylic acids is 1. The largest absolute Gasteiger partial charge is 0.480 e. The fraction of sp³-hybridized carbons (Fsp3) is 0.923. The molecular formula is C13H23NO2. The highest BCUT2D eigenvalue weighted by Crippen LogP contribution is 2.40. The van der Waals surface area contributed by atoms with Gasteiger partial charge in [-0.2, -0.15) is 0 Å². The van der Waals surface area contributed by atoms with Gasteiger partial charge < -0.3 is 5.11 Å². The number of carboxylic acid groups (broad SMARTS) is 1. The summed E-state index contributed by atoms with van der Waals surface area (Å²) in [4.78, 5) is 14.0. The highest BCUT2D eigenvalue weighted by Gasteiger charge is 2.49. The van der Waals surface area contributed by atoms with Crippen molar-refractivity contribution in [2.24, 2.45) is 5.92 Å². The Hall–Kier alpha value is -0.570. The first-order chi connectivity index (χ1) is 7.68. The number of carbonyl (C=O) groups is 1. The molecule has 0 amide bonds. The molecule has 1 aliphatic carbocycles. The van der Waals surface area contributed by atoms with Crippen LogP contribution >= 0.6 is 0 Å². The van der Waals surface area contributed by atoms with E-state index in [2.05, 4.69) is 11.8 Å². The lowest BCUT2D eigenvalue weighted by Gasteiger charge is -2.48. The van der Waals surface area contributed by atoms with Crippen LogP contribution in [0.4, 0.5) is 0 Å². The maximum absolute atomic E-state index is 11.7. The first-order valence-corrected chi connectivity index (χ1v) is 6.66. The lowest BCUT2D eigenvalue weighted by atomic mass is 9.72. The second kappa shape index (κ2) is 4.74. The van der Waals surface area contributed by atoms with Crippen LogP contribution in [0, 0.1) is 5.92 Å². The van der Waals surface area contributed by atoms with Crippen molar-refractivity contribution < 1.29 is 9.90 Å². The van der Waals surface area contributed by atoms with E-state index < -0.39 is 11.5 Å². The van der Waals surface area contributed by atoms with Crippen molar-refractivity contribution in [3.8, 4) is 0 Å². The molecule has 1 saturated heterocycles. The summed E-state index contributed by atoms with van der Waals surface area (Å²) in [5.74, 6) is -0.279. The molecule has 1 N–H and O–H groups in total. The molecule has 0 spiro atoms. The molecule has 2 atom stereocenters. The van der Waals surface area contributed by atoms with Gasteiger partial charge >= 0.3 is 5.97 Å². The van der Waals surface area contributed by atoms with Crippen LogP contribution < -0.4 is 0 Å². The van der Waals surface area contributed by atoms with Crippen molar-refractivity contribution in [3.63, 3.8) is 0 Å². The van der Waals surface area contributed by atoms with Gasteiger partial charge in [0.05, 0.1) is 0 Å². The average molecular weight is 225 g/mol. The Labute approximate surface area is 97.8 Å². The minimum absolute atomic E-state index is 0.303. The van der Waals surface area contributed by atoms with Crippen LogP contribution in [0.2, 0.25) is 0 Å². The van der Waals surface area contributed by atoms with Crippen molar-refractivity contribution in [1.29, 1.82) is 0 Å². The number of nitrogens with zero attached hydrogens (tertiary/aromatic N) is 1. The van der Waals surface area contributed by atoms with Crippen molar-refractivity contribution >= 4 is 5.97 Å². The number of likely N-dealkylation sites (tertiary alicyclic amines) is 1. The zero-order chi connectivity index (χ0) is 11.6. The van der Waals surface area contributed by atoms with Gasteiger partial charge in [0.2, 0.25) is 0 Å². The molecule has 0 aromatic carbocycles. The van der Waals surface area contributed by atoms with Crippen LogP contribution in [0.3, 0.4) is 0 Å². The van der Waals surface area contributed by atoms with E-state index >= 15 is 0 Å². The minimum Gasteiger partial charge on any atom is -0.480 e. The molecule has 2 rings (SSSR count). The van der Waals surface area contributed by atoms with Gasteiger partial charge in [-0.15, -0.1) is 0 Å². The summed E-state index contributed by atoms with van der Waals surface area (Å²) in [6.07, 6.45) is 7.80. The van der Waals surface area contributed by atoms with Gasteiger partial charge in [0.1, 0.15) is 5.54 Å². The Morgan fingerprint density at radius 1 is 1.19 bits per heavy atom. The van der Waals surface area contributed by atoms with Gasteiger partial charge in [-0.25, -0.2) is 0 Å². The Kier molecular flexibility index (Phi) is 3.53. The highest BCUT2D eigenvalue weighted by molar-refractivity contribution is 5.79. The molecule has 0 bridgehead atoms. The number of rotatable bonds is 2. The molecule has 92 valence electrons. The van der Waals surface area contributed by atoms with Crippen LogP contribution in [-0.4, -0.2) is 34.6 Å². The molecule has 1 heterocycles. The number of carboxylic acids is 1. The SMILES string of the molecule is CC1CCCCC1(C(=O)O)N1CCCCC1. The first kappa shape index (κ1) is 11.9. The maximum Gasteiger partial charge on any atom is 0.324 e. The molecule has 0 aromatic heterocycles. The van der Waals surface area contributed by atoms with E-state index in [0.29, 0.717) is 5.92 Å². The molecule has 1 saturated carbocycles. The first-order valence-electron chi connectivity index (χ1n) is 6.66. The van der Waals surface area contributed by atoms with Crippen molar-refractivity contribution in [2.75, 3.05) is 13.1 Å². The van der Waals surface area contributed by atoms with E-state index in [-0.39, 0.29) is 0 Å². The summed E-state index contributed by atoms with van der Waals surface area (Å²) < 4.78 is 0. The van der Waals surface area contributed by atoms with Gasteiger partial charge in [0.15, 0.2) is 0 Å². The third-order valence-electron chi connectivity index (χ3n) is 4.55. The molecule has 16 heavy (non-hydrogen) atoms. The third kappa shape index (κ3) is 1.86. The van der Waals surface area contributed by atoms with E-state index in [1.807, 2.05) is 0 Å². The summed E-state index contributed by atoms with van der Waals surface area (Å²) in [5.41, 5.74) is -0.543. The van der Waals surface area contributed by atoms with Crippen LogP contribution in [0.15, 0.2) is 0 Å². The number of hydrogen-bond donors (Lipinski definition) is 1. The van der Waals surface area contributed by atoms with Gasteiger partial charge in [0.25, 0.3) is 0 Å². The van der Waals surface area contributed by atoms with E-state index in [1.165, 1.54) is 25.7 Å². The Bertz CT molecular complexity index is 261. The van der Waals surface area contributed by atoms with Crippen LogP contribution in [0.1, 0.15) is 51.9 Å². The van der Waals surface area contributed by atoms with Crippen LogP contribution in [0.5, 0.6) is 0 Å². The molecule has 3 heteroatoms. The van der Waals surface area contributed by atoms with Crippen LogP contribution in [0.25, 0.3) is 0 Å². The Balaban J connectivity index is 2.22. The second-order valence-electron chi connectivity index (χ2n) is 5.42. The monoisotopic (exact) mass is 225 g/mol. The summed E-state index contributed by atoms with van der Waals surface area (Å²) in [5, 5.41) is 9.67. The molecular weight excluding hydrogens is 202 g/mol. The summed E-state index contributed by atoms with van der Waals surface area (Å²) in [6.45, 7) is 4.09. The van der Waals surface area contributed by atoms with Crippen molar-refractivity contribution in [1.82, 2.24) is 4.90 Å². The smallest absolute Gasteiger partial charge is 0.324 e. The third-order valence-corrected chi connectivity index (χ3v) is 4.55. The van der Waals surface area contributed by atoms with E-state index in [4.69, 9.17) is 0 Å². The molecule has 0 aromatic rings. The topological polar surface area (TPSA) is 40.5 Å². The predicted octanol–water partition coefficient (Wildman–Crippen LogP) is 2.51. The second-order valence-corrected chi connectivity index (χ2v) is 5.42. The summed E-state index contributed by atoms with van der Waals surface area (Å²) in [6, 6.07) is 0. The molecule has 3 nitrogen and oxygen atoms in total. The summed E-state index contributed by atoms with van der Waals surface area (Å²) in [7, 11) is 0. The fourth-order valence-electron chi connectivity index (χ4n) is 3.55. The Morgan fingerprint density at radius 2 is 1.88 bits per heavy atom. The molecule has 1 aliphatic heterocycles. The van der Waals surface area contributed by atoms with Gasteiger partial charge in [-0.1, -0.05) is 26.2 Å². The highest BCUT2D eigenvalue weighted by atomic mass is 16.4. The predicted molar refractivity (Wildman–Crippen MR) is 63.4 cm³/mol. The van der Waals surface area contributed by atoms with Gasteiger partial charge in [-0.3, -0.25) is 9.69 Å². The number of piperidine rings is 1. The normalized spacial score (nSPS) is 37.2. The van der Waals surface area contributed by atoms with Crippen molar-refractivity contribution in [2.45, 2.75) is 57.4 Å². The minimum atomic E-state index is -0.582. The molecule has 2 fully saturated rings. The summed E-state index contributed by atoms with van der Waals surface area (Å²) >= 11 is 0. The van der Waals surface area contributed by atoms with Gasteiger partial charge in [-0.05, 0) is 44.7 Å². The fourth-order valence-corrected chi connectivity index (χ4v) is 3.55. The standard InChI is InChI=1S/C13H23NO2/c1-11-7-3-4-8-13(11,12(15)16)14-9-5-2-6-10-14/h11H,2-10H2,1H3,(H,15,16).